The minimum atomic E-state index is -0.848. The SMILES string of the molecule is CCC(OC(=O)c1ccncc1)C(=O)Nc1ccncc1. The number of pyridine rings is 2. The Kier molecular flexibility index (Phi) is 4.98. The van der Waals surface area contributed by atoms with E-state index in [-0.39, 0.29) is 5.91 Å². The molecular weight excluding hydrogens is 270 g/mol. The number of hydrogen-bond acceptors (Lipinski definition) is 5. The van der Waals surface area contributed by atoms with Gasteiger partial charge in [-0.15, -0.1) is 0 Å². The highest BCUT2D eigenvalue weighted by molar-refractivity contribution is 5.97. The van der Waals surface area contributed by atoms with Crippen LogP contribution in [-0.2, 0) is 9.53 Å². The van der Waals surface area contributed by atoms with Crippen molar-refractivity contribution < 1.29 is 14.3 Å². The van der Waals surface area contributed by atoms with Crippen molar-refractivity contribution in [3.05, 3.63) is 54.6 Å². The van der Waals surface area contributed by atoms with Gasteiger partial charge in [0.15, 0.2) is 6.10 Å². The molecule has 6 nitrogen and oxygen atoms in total. The maximum absolute atomic E-state index is 12.1. The number of ether oxygens (including phenoxy) is 1. The number of hydrogen-bond donors (Lipinski definition) is 1. The van der Waals surface area contributed by atoms with Crippen molar-refractivity contribution in [3.8, 4) is 0 Å². The van der Waals surface area contributed by atoms with Crippen LogP contribution in [0, 0.1) is 0 Å². The molecular formula is C15H15N3O3. The van der Waals surface area contributed by atoms with Crippen LogP contribution in [0.3, 0.4) is 0 Å². The molecule has 1 N–H and O–H groups in total. The first-order chi connectivity index (χ1) is 10.2. The summed E-state index contributed by atoms with van der Waals surface area (Å²) < 4.78 is 5.23. The van der Waals surface area contributed by atoms with Crippen molar-refractivity contribution in [2.24, 2.45) is 0 Å². The largest absolute Gasteiger partial charge is 0.449 e. The van der Waals surface area contributed by atoms with E-state index in [2.05, 4.69) is 15.3 Å². The molecule has 108 valence electrons. The van der Waals surface area contributed by atoms with E-state index in [0.717, 1.165) is 0 Å². The predicted octanol–water partition coefficient (Wildman–Crippen LogP) is 2.05. The summed E-state index contributed by atoms with van der Waals surface area (Å²) in [5.41, 5.74) is 0.966. The molecule has 2 aromatic rings. The van der Waals surface area contributed by atoms with Gasteiger partial charge in [0.2, 0.25) is 0 Å². The minimum absolute atomic E-state index is 0.361. The standard InChI is InChI=1S/C15H15N3O3/c1-2-13(14(19)18-12-5-9-17-10-6-12)21-15(20)11-3-7-16-8-4-11/h3-10,13H,2H2,1H3,(H,17,18,19). The molecule has 1 unspecified atom stereocenters. The van der Waals surface area contributed by atoms with Gasteiger partial charge in [-0.1, -0.05) is 6.92 Å². The van der Waals surface area contributed by atoms with Crippen LogP contribution in [-0.4, -0.2) is 27.9 Å². The number of carbonyl (C=O) groups excluding carboxylic acids is 2. The number of rotatable bonds is 5. The Morgan fingerprint density at radius 2 is 1.67 bits per heavy atom. The maximum atomic E-state index is 12.1. The Hall–Kier alpha value is -2.76. The van der Waals surface area contributed by atoms with Gasteiger partial charge >= 0.3 is 5.97 Å². The van der Waals surface area contributed by atoms with Crippen LogP contribution in [0.5, 0.6) is 0 Å². The lowest BCUT2D eigenvalue weighted by Gasteiger charge is -2.16. The molecule has 0 aliphatic carbocycles. The molecule has 1 amide bonds. The molecule has 21 heavy (non-hydrogen) atoms. The molecule has 2 rings (SSSR count). The zero-order valence-corrected chi connectivity index (χ0v) is 11.5. The second kappa shape index (κ2) is 7.14. The minimum Gasteiger partial charge on any atom is -0.449 e. The van der Waals surface area contributed by atoms with Gasteiger partial charge in [-0.05, 0) is 30.7 Å². The number of aromatic nitrogens is 2. The summed E-state index contributed by atoms with van der Waals surface area (Å²) in [5.74, 6) is -0.916. The van der Waals surface area contributed by atoms with Gasteiger partial charge < -0.3 is 10.1 Å². The highest BCUT2D eigenvalue weighted by atomic mass is 16.5. The van der Waals surface area contributed by atoms with Gasteiger partial charge in [0.25, 0.3) is 5.91 Å². The first kappa shape index (κ1) is 14.6. The van der Waals surface area contributed by atoms with Gasteiger partial charge in [-0.25, -0.2) is 4.79 Å². The molecule has 0 aliphatic rings. The Morgan fingerprint density at radius 3 is 2.24 bits per heavy atom. The summed E-state index contributed by atoms with van der Waals surface area (Å²) in [7, 11) is 0. The first-order valence-electron chi connectivity index (χ1n) is 6.52. The second-order valence-corrected chi connectivity index (χ2v) is 4.26. The Bertz CT molecular complexity index is 602. The Morgan fingerprint density at radius 1 is 1.10 bits per heavy atom. The zero-order chi connectivity index (χ0) is 15.1. The van der Waals surface area contributed by atoms with E-state index in [0.29, 0.717) is 17.7 Å². The number of carbonyl (C=O) groups is 2. The summed E-state index contributed by atoms with van der Waals surface area (Å²) in [6.07, 6.45) is 5.66. The molecule has 0 fully saturated rings. The molecule has 1 atom stereocenters. The van der Waals surface area contributed by atoms with Crippen LogP contribution in [0.25, 0.3) is 0 Å². The van der Waals surface area contributed by atoms with Crippen LogP contribution in [0.2, 0.25) is 0 Å². The number of nitrogens with one attached hydrogen (secondary N) is 1. The molecule has 0 aliphatic heterocycles. The third-order valence-electron chi connectivity index (χ3n) is 2.78. The quantitative estimate of drug-likeness (QED) is 0.850. The number of anilines is 1. The fourth-order valence-electron chi connectivity index (χ4n) is 1.67. The van der Waals surface area contributed by atoms with E-state index in [9.17, 15) is 9.59 Å². The van der Waals surface area contributed by atoms with Crippen molar-refractivity contribution >= 4 is 17.6 Å². The van der Waals surface area contributed by atoms with Gasteiger partial charge in [-0.2, -0.15) is 0 Å². The van der Waals surface area contributed by atoms with Crippen LogP contribution >= 0.6 is 0 Å². The molecule has 6 heteroatoms. The van der Waals surface area contributed by atoms with Gasteiger partial charge in [0.1, 0.15) is 0 Å². The van der Waals surface area contributed by atoms with Crippen LogP contribution in [0.4, 0.5) is 5.69 Å². The number of nitrogens with zero attached hydrogens (tertiary/aromatic N) is 2. The van der Waals surface area contributed by atoms with Gasteiger partial charge in [-0.3, -0.25) is 14.8 Å². The first-order valence-corrected chi connectivity index (χ1v) is 6.52. The van der Waals surface area contributed by atoms with Crippen molar-refractivity contribution in [2.45, 2.75) is 19.4 Å². The average molecular weight is 285 g/mol. The van der Waals surface area contributed by atoms with E-state index < -0.39 is 12.1 Å². The van der Waals surface area contributed by atoms with Crippen molar-refractivity contribution in [3.63, 3.8) is 0 Å². The summed E-state index contributed by atoms with van der Waals surface area (Å²) >= 11 is 0. The van der Waals surface area contributed by atoms with E-state index >= 15 is 0 Å². The van der Waals surface area contributed by atoms with Crippen LogP contribution in [0.15, 0.2) is 49.1 Å². The molecule has 0 bridgehead atoms. The number of amides is 1. The van der Waals surface area contributed by atoms with Crippen molar-refractivity contribution in [1.29, 1.82) is 0 Å². The van der Waals surface area contributed by atoms with Gasteiger partial charge in [0.05, 0.1) is 5.56 Å². The van der Waals surface area contributed by atoms with Crippen LogP contribution in [0.1, 0.15) is 23.7 Å². The molecule has 2 heterocycles. The van der Waals surface area contributed by atoms with E-state index in [1.807, 2.05) is 0 Å². The molecule has 0 radical (unpaired) electrons. The summed E-state index contributed by atoms with van der Waals surface area (Å²) in [6, 6.07) is 6.40. The van der Waals surface area contributed by atoms with E-state index in [1.54, 1.807) is 31.5 Å². The molecule has 0 aromatic carbocycles. The molecule has 0 spiro atoms. The highest BCUT2D eigenvalue weighted by Crippen LogP contribution is 2.09. The molecule has 0 saturated heterocycles. The second-order valence-electron chi connectivity index (χ2n) is 4.26. The van der Waals surface area contributed by atoms with E-state index in [4.69, 9.17) is 4.74 Å². The predicted molar refractivity (Wildman–Crippen MR) is 76.6 cm³/mol. The third kappa shape index (κ3) is 4.10. The van der Waals surface area contributed by atoms with Crippen molar-refractivity contribution in [2.75, 3.05) is 5.32 Å². The summed E-state index contributed by atoms with van der Waals surface area (Å²) in [6.45, 7) is 1.77. The number of esters is 1. The fraction of sp³-hybridized carbons (Fsp3) is 0.200. The van der Waals surface area contributed by atoms with E-state index in [1.165, 1.54) is 24.5 Å². The zero-order valence-electron chi connectivity index (χ0n) is 11.5. The highest BCUT2D eigenvalue weighted by Gasteiger charge is 2.21. The Labute approximate surface area is 122 Å². The maximum Gasteiger partial charge on any atom is 0.339 e. The lowest BCUT2D eigenvalue weighted by molar-refractivity contribution is -0.124. The molecule has 2 aromatic heterocycles. The normalized spacial score (nSPS) is 11.5. The molecule has 0 saturated carbocycles. The smallest absolute Gasteiger partial charge is 0.339 e. The Balaban J connectivity index is 1.99. The van der Waals surface area contributed by atoms with Crippen molar-refractivity contribution in [1.82, 2.24) is 9.97 Å². The summed E-state index contributed by atoms with van der Waals surface area (Å²) in [4.78, 5) is 31.7. The third-order valence-corrected chi connectivity index (χ3v) is 2.78. The average Bonchev–Trinajstić information content (AvgIpc) is 2.54. The topological polar surface area (TPSA) is 81.2 Å². The summed E-state index contributed by atoms with van der Waals surface area (Å²) in [5, 5.41) is 2.68. The lowest BCUT2D eigenvalue weighted by Crippen LogP contribution is -2.32. The van der Waals surface area contributed by atoms with Gasteiger partial charge in [0, 0.05) is 30.5 Å². The fourth-order valence-corrected chi connectivity index (χ4v) is 1.67. The lowest BCUT2D eigenvalue weighted by atomic mass is 10.2. The monoisotopic (exact) mass is 285 g/mol. The van der Waals surface area contributed by atoms with Crippen LogP contribution < -0.4 is 5.32 Å².